The monoisotopic (exact) mass is 314 g/mol. The third-order valence-electron chi connectivity index (χ3n) is 3.58. The van der Waals surface area contributed by atoms with E-state index in [1.54, 1.807) is 12.1 Å². The van der Waals surface area contributed by atoms with E-state index in [0.29, 0.717) is 6.42 Å². The Kier molecular flexibility index (Phi) is 6.60. The number of nitrogens with one attached hydrogen (secondary N) is 2. The third-order valence-corrected chi connectivity index (χ3v) is 3.58. The molecule has 2 N–H and O–H groups in total. The summed E-state index contributed by atoms with van der Waals surface area (Å²) in [5.74, 6) is -0.151. The molecule has 3 nitrogen and oxygen atoms in total. The van der Waals surface area contributed by atoms with E-state index in [1.807, 2.05) is 24.3 Å². The number of anilines is 2. The highest BCUT2D eigenvalue weighted by molar-refractivity contribution is 5.90. The maximum atomic E-state index is 12.8. The molecule has 2 aromatic carbocycles. The second-order valence-electron chi connectivity index (χ2n) is 5.53. The van der Waals surface area contributed by atoms with Crippen LogP contribution in [0.4, 0.5) is 15.8 Å². The number of carbonyl (C=O) groups is 1. The minimum absolute atomic E-state index is 0.0591. The predicted octanol–water partition coefficient (Wildman–Crippen LogP) is 4.61. The van der Waals surface area contributed by atoms with Crippen molar-refractivity contribution >= 4 is 17.3 Å². The summed E-state index contributed by atoms with van der Waals surface area (Å²) in [6.07, 6.45) is 3.32. The van der Waals surface area contributed by atoms with E-state index in [4.69, 9.17) is 0 Å². The Hall–Kier alpha value is -2.36. The maximum absolute atomic E-state index is 12.8. The molecule has 0 aromatic heterocycles. The molecule has 1 amide bonds. The van der Waals surface area contributed by atoms with Crippen LogP contribution in [0.5, 0.6) is 0 Å². The maximum Gasteiger partial charge on any atom is 0.224 e. The van der Waals surface area contributed by atoms with E-state index in [1.165, 1.54) is 12.1 Å². The molecule has 0 aliphatic heterocycles. The van der Waals surface area contributed by atoms with E-state index in [-0.39, 0.29) is 11.7 Å². The normalized spacial score (nSPS) is 10.3. The molecule has 122 valence electrons. The van der Waals surface area contributed by atoms with Crippen LogP contribution in [0.25, 0.3) is 0 Å². The highest BCUT2D eigenvalue weighted by Crippen LogP contribution is 2.14. The van der Waals surface area contributed by atoms with Crippen LogP contribution in [0.2, 0.25) is 0 Å². The van der Waals surface area contributed by atoms with Gasteiger partial charge in [-0.15, -0.1) is 0 Å². The van der Waals surface area contributed by atoms with Crippen LogP contribution in [0.1, 0.15) is 31.7 Å². The molecule has 0 bridgehead atoms. The first-order chi connectivity index (χ1) is 11.2. The highest BCUT2D eigenvalue weighted by atomic mass is 19.1. The lowest BCUT2D eigenvalue weighted by Gasteiger charge is -2.09. The van der Waals surface area contributed by atoms with Crippen molar-refractivity contribution in [2.75, 3.05) is 17.2 Å². The molecule has 0 radical (unpaired) electrons. The number of carbonyl (C=O) groups excluding carboxylic acids is 1. The van der Waals surface area contributed by atoms with E-state index in [9.17, 15) is 9.18 Å². The Balaban J connectivity index is 1.76. The van der Waals surface area contributed by atoms with Crippen molar-refractivity contribution in [3.63, 3.8) is 0 Å². The third kappa shape index (κ3) is 6.10. The number of halogens is 1. The van der Waals surface area contributed by atoms with Gasteiger partial charge in [-0.25, -0.2) is 4.39 Å². The fourth-order valence-electron chi connectivity index (χ4n) is 2.23. The molecule has 0 aliphatic rings. The molecule has 4 heteroatoms. The average molecular weight is 314 g/mol. The second-order valence-corrected chi connectivity index (χ2v) is 5.53. The van der Waals surface area contributed by atoms with Crippen LogP contribution in [0, 0.1) is 5.82 Å². The topological polar surface area (TPSA) is 41.1 Å². The van der Waals surface area contributed by atoms with Gasteiger partial charge in [-0.2, -0.15) is 0 Å². The molecule has 0 fully saturated rings. The van der Waals surface area contributed by atoms with Crippen LogP contribution in [0.15, 0.2) is 48.5 Å². The molecule has 0 saturated heterocycles. The lowest BCUT2D eigenvalue weighted by molar-refractivity contribution is -0.116. The van der Waals surface area contributed by atoms with Crippen LogP contribution in [0.3, 0.4) is 0 Å². The van der Waals surface area contributed by atoms with Crippen molar-refractivity contribution in [1.82, 2.24) is 0 Å². The van der Waals surface area contributed by atoms with Crippen molar-refractivity contribution in [3.05, 3.63) is 59.9 Å². The number of hydrogen-bond acceptors (Lipinski definition) is 2. The van der Waals surface area contributed by atoms with Gasteiger partial charge in [-0.05, 0) is 54.8 Å². The molecular weight excluding hydrogens is 291 g/mol. The Bertz CT molecular complexity index is 608. The fraction of sp³-hybridized carbons (Fsp3) is 0.316. The first-order valence-corrected chi connectivity index (χ1v) is 8.05. The second kappa shape index (κ2) is 8.93. The van der Waals surface area contributed by atoms with Crippen molar-refractivity contribution in [1.29, 1.82) is 0 Å². The summed E-state index contributed by atoms with van der Waals surface area (Å²) in [7, 11) is 0. The molecule has 0 atom stereocenters. The Morgan fingerprint density at radius 2 is 1.65 bits per heavy atom. The molecular formula is C19H23FN2O. The van der Waals surface area contributed by atoms with Gasteiger partial charge in [0.2, 0.25) is 5.91 Å². The van der Waals surface area contributed by atoms with Crippen molar-refractivity contribution in [3.8, 4) is 0 Å². The molecule has 0 heterocycles. The molecule has 0 saturated carbocycles. The van der Waals surface area contributed by atoms with Gasteiger partial charge >= 0.3 is 0 Å². The lowest BCUT2D eigenvalue weighted by Crippen LogP contribution is -2.11. The molecule has 0 unspecified atom stereocenters. The van der Waals surface area contributed by atoms with Gasteiger partial charge in [0, 0.05) is 24.3 Å². The van der Waals surface area contributed by atoms with Gasteiger partial charge in [-0.3, -0.25) is 4.79 Å². The highest BCUT2D eigenvalue weighted by Gasteiger charge is 2.01. The van der Waals surface area contributed by atoms with Gasteiger partial charge in [0.1, 0.15) is 5.82 Å². The Labute approximate surface area is 136 Å². The summed E-state index contributed by atoms with van der Waals surface area (Å²) in [5, 5.41) is 6.21. The van der Waals surface area contributed by atoms with Crippen LogP contribution in [-0.4, -0.2) is 12.5 Å². The van der Waals surface area contributed by atoms with Gasteiger partial charge in [-0.1, -0.05) is 25.5 Å². The van der Waals surface area contributed by atoms with E-state index < -0.39 is 0 Å². The van der Waals surface area contributed by atoms with Crippen molar-refractivity contribution in [2.45, 2.75) is 32.6 Å². The Morgan fingerprint density at radius 1 is 1.00 bits per heavy atom. The summed E-state index contributed by atoms with van der Waals surface area (Å²) in [5.41, 5.74) is 2.91. The molecule has 0 spiro atoms. The zero-order valence-electron chi connectivity index (χ0n) is 13.4. The van der Waals surface area contributed by atoms with Crippen molar-refractivity contribution < 1.29 is 9.18 Å². The minimum atomic E-state index is -0.210. The lowest BCUT2D eigenvalue weighted by atomic mass is 10.1. The van der Waals surface area contributed by atoms with Gasteiger partial charge in [0.25, 0.3) is 0 Å². The zero-order valence-corrected chi connectivity index (χ0v) is 13.4. The van der Waals surface area contributed by atoms with Crippen LogP contribution in [-0.2, 0) is 11.2 Å². The van der Waals surface area contributed by atoms with Gasteiger partial charge in [0.15, 0.2) is 0 Å². The molecule has 0 aliphatic carbocycles. The van der Waals surface area contributed by atoms with Gasteiger partial charge < -0.3 is 10.6 Å². The van der Waals surface area contributed by atoms with Crippen LogP contribution < -0.4 is 10.6 Å². The van der Waals surface area contributed by atoms with E-state index in [2.05, 4.69) is 17.6 Å². The summed E-state index contributed by atoms with van der Waals surface area (Å²) in [4.78, 5) is 11.7. The summed E-state index contributed by atoms with van der Waals surface area (Å²) < 4.78 is 12.8. The number of unbranched alkanes of at least 4 members (excludes halogenated alkanes) is 1. The molecule has 2 aromatic rings. The van der Waals surface area contributed by atoms with E-state index >= 15 is 0 Å². The molecule has 2 rings (SSSR count). The SMILES string of the molecule is CCCCC(=O)Nc1ccc(NCCc2ccc(F)cc2)cc1. The minimum Gasteiger partial charge on any atom is -0.385 e. The predicted molar refractivity (Wildman–Crippen MR) is 93.2 cm³/mol. The summed E-state index contributed by atoms with van der Waals surface area (Å²) in [6, 6.07) is 14.2. The van der Waals surface area contributed by atoms with E-state index in [0.717, 1.165) is 42.7 Å². The van der Waals surface area contributed by atoms with Gasteiger partial charge in [0.05, 0.1) is 0 Å². The van der Waals surface area contributed by atoms with Crippen LogP contribution >= 0.6 is 0 Å². The quantitative estimate of drug-likeness (QED) is 0.747. The van der Waals surface area contributed by atoms with Crippen molar-refractivity contribution in [2.24, 2.45) is 0 Å². The molecule has 23 heavy (non-hydrogen) atoms. The first-order valence-electron chi connectivity index (χ1n) is 8.05. The number of amides is 1. The number of hydrogen-bond donors (Lipinski definition) is 2. The standard InChI is InChI=1S/C19H23FN2O/c1-2-3-4-19(23)22-18-11-9-17(10-12-18)21-14-13-15-5-7-16(20)8-6-15/h5-12,21H,2-4,13-14H2,1H3,(H,22,23). The Morgan fingerprint density at radius 3 is 2.30 bits per heavy atom. The average Bonchev–Trinajstić information content (AvgIpc) is 2.56. The summed E-state index contributed by atoms with van der Waals surface area (Å²) in [6.45, 7) is 2.84. The smallest absolute Gasteiger partial charge is 0.224 e. The fourth-order valence-corrected chi connectivity index (χ4v) is 2.23. The number of benzene rings is 2. The number of rotatable bonds is 8. The first kappa shape index (κ1) is 17.0. The largest absolute Gasteiger partial charge is 0.385 e. The zero-order chi connectivity index (χ0) is 16.5. The summed E-state index contributed by atoms with van der Waals surface area (Å²) >= 11 is 0.